The fraction of sp³-hybridized carbons (Fsp3) is 0.167. The first-order valence-electron chi connectivity index (χ1n) is 5.04. The van der Waals surface area contributed by atoms with Crippen LogP contribution in [-0.4, -0.2) is 13.6 Å². The zero-order valence-corrected chi connectivity index (χ0v) is 10.2. The van der Waals surface area contributed by atoms with Gasteiger partial charge in [0.05, 0.1) is 12.0 Å². The van der Waals surface area contributed by atoms with E-state index < -0.39 is 9.84 Å². The third-order valence-electron chi connectivity index (χ3n) is 2.40. The number of benzene rings is 1. The van der Waals surface area contributed by atoms with Gasteiger partial charge in [0.2, 0.25) is 0 Å². The van der Waals surface area contributed by atoms with Crippen LogP contribution in [0.4, 0.5) is 0 Å². The summed E-state index contributed by atoms with van der Waals surface area (Å²) in [7, 11) is -3.35. The van der Waals surface area contributed by atoms with Crippen molar-refractivity contribution in [3.8, 4) is 11.3 Å². The molecule has 0 aliphatic carbocycles. The summed E-state index contributed by atoms with van der Waals surface area (Å²) in [6.07, 6.45) is 3.12. The number of rotatable bonds is 3. The first kappa shape index (κ1) is 11.9. The Morgan fingerprint density at radius 1 is 1.29 bits per heavy atom. The molecule has 1 aromatic carbocycles. The summed E-state index contributed by atoms with van der Waals surface area (Å²) in [6, 6.07) is 9.32. The van der Waals surface area contributed by atoms with E-state index in [2.05, 4.69) is 11.4 Å². The molecule has 0 amide bonds. The van der Waals surface area contributed by atoms with Gasteiger partial charge < -0.3 is 4.52 Å². The lowest BCUT2D eigenvalue weighted by Crippen LogP contribution is -2.00. The highest BCUT2D eigenvalue weighted by Crippen LogP contribution is 2.26. The average Bonchev–Trinajstić information content (AvgIpc) is 2.60. The fourth-order valence-electron chi connectivity index (χ4n) is 1.60. The van der Waals surface area contributed by atoms with Crippen LogP contribution in [0.1, 0.15) is 11.3 Å². The topological polar surface area (TPSA) is 60.2 Å². The van der Waals surface area contributed by atoms with Gasteiger partial charge in [0.15, 0.2) is 9.84 Å². The molecule has 89 valence electrons. The van der Waals surface area contributed by atoms with Crippen molar-refractivity contribution in [1.82, 2.24) is 5.16 Å². The van der Waals surface area contributed by atoms with Gasteiger partial charge in [-0.05, 0) is 6.92 Å². The Morgan fingerprint density at radius 3 is 2.53 bits per heavy atom. The molecule has 1 radical (unpaired) electrons. The molecule has 0 atom stereocenters. The lowest BCUT2D eigenvalue weighted by Gasteiger charge is -2.00. The number of aryl methyl sites for hydroxylation is 1. The molecular formula is C12H12NO3S. The first-order valence-corrected chi connectivity index (χ1v) is 6.86. The van der Waals surface area contributed by atoms with E-state index in [1.165, 1.54) is 0 Å². The number of hydrogen-bond donors (Lipinski definition) is 0. The van der Waals surface area contributed by atoms with E-state index in [0.717, 1.165) is 5.56 Å². The Bertz CT molecular complexity index is 614. The summed E-state index contributed by atoms with van der Waals surface area (Å²) < 4.78 is 27.6. The van der Waals surface area contributed by atoms with Crippen LogP contribution in [0.25, 0.3) is 11.3 Å². The summed E-state index contributed by atoms with van der Waals surface area (Å²) in [5.74, 6) is 0.350. The van der Waals surface area contributed by atoms with Crippen molar-refractivity contribution in [2.75, 3.05) is 0 Å². The molecule has 4 nitrogen and oxygen atoms in total. The van der Waals surface area contributed by atoms with E-state index in [-0.39, 0.29) is 5.75 Å². The monoisotopic (exact) mass is 250 g/mol. The van der Waals surface area contributed by atoms with Crippen molar-refractivity contribution in [1.29, 1.82) is 0 Å². The second-order valence-corrected chi connectivity index (χ2v) is 5.60. The van der Waals surface area contributed by atoms with Crippen LogP contribution in [0, 0.1) is 13.2 Å². The lowest BCUT2D eigenvalue weighted by atomic mass is 10.1. The van der Waals surface area contributed by atoms with Crippen LogP contribution >= 0.6 is 0 Å². The zero-order valence-electron chi connectivity index (χ0n) is 9.38. The van der Waals surface area contributed by atoms with Crippen LogP contribution in [0.15, 0.2) is 34.9 Å². The SMILES string of the molecule is [CH2]S(=O)(=O)Cc1c(-c2ccccc2)noc1C. The molecule has 2 rings (SSSR count). The van der Waals surface area contributed by atoms with Gasteiger partial charge in [0, 0.05) is 11.1 Å². The summed E-state index contributed by atoms with van der Waals surface area (Å²) in [5.41, 5.74) is 1.98. The molecule has 0 bridgehead atoms. The van der Waals surface area contributed by atoms with E-state index in [4.69, 9.17) is 4.52 Å². The molecule has 2 aromatic rings. The maximum absolute atomic E-state index is 11.3. The van der Waals surface area contributed by atoms with Gasteiger partial charge in [-0.25, -0.2) is 8.42 Å². The van der Waals surface area contributed by atoms with Crippen LogP contribution in [0.3, 0.4) is 0 Å². The minimum atomic E-state index is -3.35. The average molecular weight is 250 g/mol. The van der Waals surface area contributed by atoms with Crippen molar-refractivity contribution < 1.29 is 12.9 Å². The molecule has 1 aromatic heterocycles. The Kier molecular flexibility index (Phi) is 3.02. The smallest absolute Gasteiger partial charge is 0.155 e. The molecule has 0 spiro atoms. The Balaban J connectivity index is 2.50. The highest BCUT2D eigenvalue weighted by atomic mass is 32.2. The Hall–Kier alpha value is -1.62. The minimum absolute atomic E-state index is 0.160. The standard InChI is InChI=1S/C12H12NO3S/c1-9-11(8-17(2,14)15)12(13-16-9)10-6-4-3-5-7-10/h3-7H,2,8H2,1H3. The molecule has 5 heteroatoms. The second kappa shape index (κ2) is 4.33. The van der Waals surface area contributed by atoms with Gasteiger partial charge in [0.1, 0.15) is 11.5 Å². The first-order chi connectivity index (χ1) is 7.97. The van der Waals surface area contributed by atoms with E-state index >= 15 is 0 Å². The van der Waals surface area contributed by atoms with Crippen molar-refractivity contribution in [2.45, 2.75) is 12.7 Å². The Morgan fingerprint density at radius 2 is 1.94 bits per heavy atom. The summed E-state index contributed by atoms with van der Waals surface area (Å²) in [6.45, 7) is 1.69. The van der Waals surface area contributed by atoms with Gasteiger partial charge in [0.25, 0.3) is 0 Å². The van der Waals surface area contributed by atoms with Crippen LogP contribution in [-0.2, 0) is 15.6 Å². The summed E-state index contributed by atoms with van der Waals surface area (Å²) in [5, 5.41) is 3.90. The number of aromatic nitrogens is 1. The van der Waals surface area contributed by atoms with Gasteiger partial charge >= 0.3 is 0 Å². The highest BCUT2D eigenvalue weighted by molar-refractivity contribution is 7.91. The number of nitrogens with zero attached hydrogens (tertiary/aromatic N) is 1. The third kappa shape index (κ3) is 2.74. The van der Waals surface area contributed by atoms with Crippen molar-refractivity contribution in [3.05, 3.63) is 47.9 Å². The van der Waals surface area contributed by atoms with E-state index in [1.54, 1.807) is 6.92 Å². The normalized spacial score (nSPS) is 11.6. The molecule has 0 saturated carbocycles. The summed E-state index contributed by atoms with van der Waals surface area (Å²) in [4.78, 5) is 0. The zero-order chi connectivity index (χ0) is 12.5. The minimum Gasteiger partial charge on any atom is -0.361 e. The van der Waals surface area contributed by atoms with E-state index in [1.807, 2.05) is 30.3 Å². The second-order valence-electron chi connectivity index (χ2n) is 3.82. The predicted octanol–water partition coefficient (Wildman–Crippen LogP) is 2.36. The summed E-state index contributed by atoms with van der Waals surface area (Å²) >= 11 is 0. The Labute approximate surface area is 100 Å². The number of sulfone groups is 1. The molecule has 17 heavy (non-hydrogen) atoms. The van der Waals surface area contributed by atoms with Gasteiger partial charge in [-0.1, -0.05) is 35.5 Å². The fourth-order valence-corrected chi connectivity index (χ4v) is 2.38. The van der Waals surface area contributed by atoms with Gasteiger partial charge in [-0.3, -0.25) is 0 Å². The van der Waals surface area contributed by atoms with Crippen molar-refractivity contribution >= 4 is 9.84 Å². The molecule has 0 aliphatic rings. The molecule has 0 fully saturated rings. The van der Waals surface area contributed by atoms with E-state index in [9.17, 15) is 8.42 Å². The third-order valence-corrected chi connectivity index (χ3v) is 3.12. The number of hydrogen-bond acceptors (Lipinski definition) is 4. The highest BCUT2D eigenvalue weighted by Gasteiger charge is 2.18. The maximum atomic E-state index is 11.3. The maximum Gasteiger partial charge on any atom is 0.155 e. The largest absolute Gasteiger partial charge is 0.361 e. The molecule has 1 heterocycles. The molecule has 0 aliphatic heterocycles. The van der Waals surface area contributed by atoms with Crippen LogP contribution < -0.4 is 0 Å². The molecule has 0 saturated heterocycles. The molecule has 0 unspecified atom stereocenters. The predicted molar refractivity (Wildman–Crippen MR) is 64.7 cm³/mol. The quantitative estimate of drug-likeness (QED) is 0.839. The molecular weight excluding hydrogens is 238 g/mol. The van der Waals surface area contributed by atoms with Gasteiger partial charge in [-0.2, -0.15) is 0 Å². The van der Waals surface area contributed by atoms with Crippen LogP contribution in [0.5, 0.6) is 0 Å². The lowest BCUT2D eigenvalue weighted by molar-refractivity contribution is 0.398. The van der Waals surface area contributed by atoms with Crippen LogP contribution in [0.2, 0.25) is 0 Å². The molecule has 0 N–H and O–H groups in total. The van der Waals surface area contributed by atoms with Crippen molar-refractivity contribution in [3.63, 3.8) is 0 Å². The van der Waals surface area contributed by atoms with Crippen molar-refractivity contribution in [2.24, 2.45) is 0 Å². The van der Waals surface area contributed by atoms with E-state index in [0.29, 0.717) is 17.0 Å². The van der Waals surface area contributed by atoms with Gasteiger partial charge in [-0.15, -0.1) is 0 Å².